The van der Waals surface area contributed by atoms with Gasteiger partial charge in [0, 0.05) is 17.8 Å². The summed E-state index contributed by atoms with van der Waals surface area (Å²) in [4.78, 5) is 18.5. The molecule has 0 atom stereocenters. The van der Waals surface area contributed by atoms with Crippen molar-refractivity contribution >= 4 is 11.6 Å². The average molecular weight is 325 g/mol. The zero-order valence-corrected chi connectivity index (χ0v) is 12.4. The van der Waals surface area contributed by atoms with E-state index >= 15 is 0 Å². The number of hydrogen-bond donors (Lipinski definition) is 1. The molecule has 1 aromatic carbocycles. The van der Waals surface area contributed by atoms with Crippen molar-refractivity contribution < 1.29 is 22.7 Å². The molecule has 23 heavy (non-hydrogen) atoms. The summed E-state index contributed by atoms with van der Waals surface area (Å²) in [5, 5.41) is 2.69. The Morgan fingerprint density at radius 1 is 1.17 bits per heavy atom. The van der Waals surface area contributed by atoms with Crippen LogP contribution in [0.2, 0.25) is 0 Å². The van der Waals surface area contributed by atoms with Gasteiger partial charge in [-0.15, -0.1) is 0 Å². The highest BCUT2D eigenvalue weighted by Crippen LogP contribution is 2.29. The zero-order chi connectivity index (χ0) is 17.0. The molecule has 1 N–H and O–H groups in total. The van der Waals surface area contributed by atoms with E-state index in [0.717, 1.165) is 12.3 Å². The predicted molar refractivity (Wildman–Crippen MR) is 77.0 cm³/mol. The van der Waals surface area contributed by atoms with Crippen molar-refractivity contribution in [3.63, 3.8) is 0 Å². The van der Waals surface area contributed by atoms with Crippen molar-refractivity contribution in [2.75, 3.05) is 5.32 Å². The van der Waals surface area contributed by atoms with Crippen LogP contribution >= 0.6 is 0 Å². The Morgan fingerprint density at radius 3 is 2.39 bits per heavy atom. The lowest BCUT2D eigenvalue weighted by molar-refractivity contribution is -0.141. The van der Waals surface area contributed by atoms with Crippen molar-refractivity contribution in [3.8, 4) is 11.8 Å². The van der Waals surface area contributed by atoms with Gasteiger partial charge in [-0.1, -0.05) is 13.8 Å². The molecule has 0 aliphatic rings. The molecule has 8 heteroatoms. The molecular formula is C15H14F3N3O2. The molecule has 1 aromatic heterocycles. The highest BCUT2D eigenvalue weighted by atomic mass is 19.4. The van der Waals surface area contributed by atoms with Crippen LogP contribution in [0.3, 0.4) is 0 Å². The number of halogens is 3. The number of rotatable bonds is 4. The molecule has 2 rings (SSSR count). The van der Waals surface area contributed by atoms with Crippen molar-refractivity contribution in [1.82, 2.24) is 9.97 Å². The molecule has 0 spiro atoms. The molecule has 2 aromatic rings. The van der Waals surface area contributed by atoms with E-state index in [0.29, 0.717) is 5.69 Å². The van der Waals surface area contributed by atoms with Crippen LogP contribution in [0, 0.1) is 5.92 Å². The van der Waals surface area contributed by atoms with E-state index in [1.54, 1.807) is 26.0 Å². The fourth-order valence-corrected chi connectivity index (χ4v) is 1.55. The molecule has 1 amide bonds. The minimum absolute atomic E-state index is 0.139. The maximum atomic E-state index is 12.6. The van der Waals surface area contributed by atoms with E-state index in [1.807, 2.05) is 0 Å². The summed E-state index contributed by atoms with van der Waals surface area (Å²) in [6.45, 7) is 3.52. The number of aromatic nitrogens is 2. The Kier molecular flexibility index (Phi) is 4.83. The van der Waals surface area contributed by atoms with E-state index in [-0.39, 0.29) is 17.6 Å². The summed E-state index contributed by atoms with van der Waals surface area (Å²) in [5.74, 6) is -0.0452. The molecule has 0 fully saturated rings. The molecule has 1 heterocycles. The van der Waals surface area contributed by atoms with Gasteiger partial charge < -0.3 is 10.1 Å². The largest absolute Gasteiger partial charge is 0.433 e. The minimum atomic E-state index is -4.56. The fourth-order valence-electron chi connectivity index (χ4n) is 1.55. The van der Waals surface area contributed by atoms with Crippen LogP contribution in [0.5, 0.6) is 11.8 Å². The summed E-state index contributed by atoms with van der Waals surface area (Å²) in [5.41, 5.74) is -0.524. The number of amides is 1. The summed E-state index contributed by atoms with van der Waals surface area (Å²) in [7, 11) is 0. The first-order valence-corrected chi connectivity index (χ1v) is 6.75. The maximum absolute atomic E-state index is 12.6. The Bertz CT molecular complexity index is 685. The van der Waals surface area contributed by atoms with E-state index < -0.39 is 17.9 Å². The van der Waals surface area contributed by atoms with Gasteiger partial charge in [-0.3, -0.25) is 4.79 Å². The summed E-state index contributed by atoms with van der Waals surface area (Å²) in [6.07, 6.45) is -3.59. The molecule has 0 saturated carbocycles. The van der Waals surface area contributed by atoms with Crippen LogP contribution in [0.15, 0.2) is 36.5 Å². The van der Waals surface area contributed by atoms with Gasteiger partial charge in [0.1, 0.15) is 5.75 Å². The number of hydrogen-bond acceptors (Lipinski definition) is 4. The highest BCUT2D eigenvalue weighted by Gasteiger charge is 2.33. The number of carbonyl (C=O) groups excluding carboxylic acids is 1. The second-order valence-corrected chi connectivity index (χ2v) is 4.99. The monoisotopic (exact) mass is 325 g/mol. The van der Waals surface area contributed by atoms with Crippen LogP contribution < -0.4 is 10.1 Å². The first kappa shape index (κ1) is 16.7. The van der Waals surface area contributed by atoms with Gasteiger partial charge in [0.2, 0.25) is 5.91 Å². The molecule has 0 unspecified atom stereocenters. The normalized spacial score (nSPS) is 11.4. The van der Waals surface area contributed by atoms with Crippen LogP contribution in [-0.4, -0.2) is 15.9 Å². The lowest BCUT2D eigenvalue weighted by Gasteiger charge is -2.09. The van der Waals surface area contributed by atoms with Gasteiger partial charge >= 0.3 is 12.2 Å². The molecule has 0 aliphatic heterocycles. The van der Waals surface area contributed by atoms with Crippen molar-refractivity contribution in [1.29, 1.82) is 0 Å². The minimum Gasteiger partial charge on any atom is -0.424 e. The third-order valence-electron chi connectivity index (χ3n) is 2.78. The van der Waals surface area contributed by atoms with Gasteiger partial charge in [-0.05, 0) is 30.3 Å². The lowest BCUT2D eigenvalue weighted by Crippen LogP contribution is -2.17. The number of nitrogens with one attached hydrogen (secondary N) is 1. The average Bonchev–Trinajstić information content (AvgIpc) is 2.48. The number of nitrogens with zero attached hydrogens (tertiary/aromatic N) is 2. The van der Waals surface area contributed by atoms with Crippen molar-refractivity contribution in [3.05, 3.63) is 42.2 Å². The van der Waals surface area contributed by atoms with Crippen LogP contribution in [0.25, 0.3) is 0 Å². The van der Waals surface area contributed by atoms with Crippen LogP contribution in [-0.2, 0) is 11.0 Å². The van der Waals surface area contributed by atoms with Gasteiger partial charge in [0.05, 0.1) is 0 Å². The first-order valence-electron chi connectivity index (χ1n) is 6.75. The Balaban J connectivity index is 2.08. The van der Waals surface area contributed by atoms with E-state index in [9.17, 15) is 18.0 Å². The molecular weight excluding hydrogens is 311 g/mol. The number of alkyl halides is 3. The second-order valence-electron chi connectivity index (χ2n) is 4.99. The van der Waals surface area contributed by atoms with E-state index in [4.69, 9.17) is 4.74 Å². The smallest absolute Gasteiger partial charge is 0.424 e. The van der Waals surface area contributed by atoms with Crippen molar-refractivity contribution in [2.45, 2.75) is 20.0 Å². The highest BCUT2D eigenvalue weighted by molar-refractivity contribution is 5.92. The van der Waals surface area contributed by atoms with Gasteiger partial charge in [0.15, 0.2) is 5.69 Å². The molecule has 0 bridgehead atoms. The standard InChI is InChI=1S/C15H14F3N3O2/c1-9(2)13(22)20-10-3-5-11(6-4-10)23-14-19-8-7-12(21-14)15(16,17)18/h3-9H,1-2H3,(H,20,22). The maximum Gasteiger partial charge on any atom is 0.433 e. The van der Waals surface area contributed by atoms with Gasteiger partial charge in [-0.25, -0.2) is 4.98 Å². The number of ether oxygens (including phenoxy) is 1. The van der Waals surface area contributed by atoms with E-state index in [1.165, 1.54) is 12.1 Å². The Labute approximate surface area is 130 Å². The Hall–Kier alpha value is -2.64. The number of anilines is 1. The molecule has 5 nitrogen and oxygen atoms in total. The Morgan fingerprint density at radius 2 is 1.83 bits per heavy atom. The zero-order valence-electron chi connectivity index (χ0n) is 12.4. The topological polar surface area (TPSA) is 64.1 Å². The van der Waals surface area contributed by atoms with Crippen molar-refractivity contribution in [2.24, 2.45) is 5.92 Å². The molecule has 0 saturated heterocycles. The molecule has 122 valence electrons. The summed E-state index contributed by atoms with van der Waals surface area (Å²) in [6, 6.07) is 6.50. The quantitative estimate of drug-likeness (QED) is 0.926. The number of benzene rings is 1. The summed E-state index contributed by atoms with van der Waals surface area (Å²) >= 11 is 0. The first-order chi connectivity index (χ1) is 10.8. The third kappa shape index (κ3) is 4.67. The van der Waals surface area contributed by atoms with Crippen LogP contribution in [0.1, 0.15) is 19.5 Å². The fraction of sp³-hybridized carbons (Fsp3) is 0.267. The third-order valence-corrected chi connectivity index (χ3v) is 2.78. The SMILES string of the molecule is CC(C)C(=O)Nc1ccc(Oc2nccc(C(F)(F)F)n2)cc1. The van der Waals surface area contributed by atoms with Crippen LogP contribution in [0.4, 0.5) is 18.9 Å². The lowest BCUT2D eigenvalue weighted by atomic mass is 10.2. The number of carbonyl (C=O) groups is 1. The molecule has 0 aliphatic carbocycles. The molecule has 0 radical (unpaired) electrons. The predicted octanol–water partition coefficient (Wildman–Crippen LogP) is 3.88. The van der Waals surface area contributed by atoms with Gasteiger partial charge in [0.25, 0.3) is 0 Å². The second kappa shape index (κ2) is 6.64. The summed E-state index contributed by atoms with van der Waals surface area (Å²) < 4.78 is 42.9. The van der Waals surface area contributed by atoms with E-state index in [2.05, 4.69) is 15.3 Å². The van der Waals surface area contributed by atoms with Gasteiger partial charge in [-0.2, -0.15) is 18.2 Å².